The van der Waals surface area contributed by atoms with Crippen LogP contribution in [0.1, 0.15) is 166 Å². The first kappa shape index (κ1) is 52.6. The number of nitrogens with zero attached hydrogens (tertiary/aromatic N) is 3. The Morgan fingerprint density at radius 1 is 0.430 bits per heavy atom. The SMILES string of the molecule is CC(C)c1ccnc(C2(c3[c-]c(C4(c5[c-]c(C6(N7C=CN(C)[CH-]7)c7ccccc7-c7cc(C(C)(C)C)ccc76)ccc5)c5ccccc5-c5cc(C(C)(C)C)ccc54)ccc3)c3ccccc3-c3cc(C(C)(C)C)ccc32)c1.[Pt]. The summed E-state index contributed by atoms with van der Waals surface area (Å²) in [5, 5.41) is 0. The van der Waals surface area contributed by atoms with Gasteiger partial charge in [-0.1, -0.05) is 204 Å². The van der Waals surface area contributed by atoms with Gasteiger partial charge in [0.1, 0.15) is 0 Å². The summed E-state index contributed by atoms with van der Waals surface area (Å²) in [4.78, 5) is 10.0. The Bertz CT molecular complexity index is 3930. The zero-order valence-electron chi connectivity index (χ0n) is 47.8. The van der Waals surface area contributed by atoms with E-state index in [4.69, 9.17) is 4.98 Å². The molecule has 79 heavy (non-hydrogen) atoms. The van der Waals surface area contributed by atoms with Crippen molar-refractivity contribution < 1.29 is 21.1 Å². The largest absolute Gasteiger partial charge is 0.511 e. The van der Waals surface area contributed by atoms with Gasteiger partial charge in [0, 0.05) is 32.7 Å². The van der Waals surface area contributed by atoms with Crippen molar-refractivity contribution in [2.24, 2.45) is 0 Å². The third-order valence-corrected chi connectivity index (χ3v) is 17.9. The van der Waals surface area contributed by atoms with Crippen LogP contribution in [-0.4, -0.2) is 21.8 Å². The van der Waals surface area contributed by atoms with Crippen LogP contribution in [0.25, 0.3) is 33.4 Å². The molecule has 0 spiro atoms. The maximum atomic E-state index is 5.45. The van der Waals surface area contributed by atoms with Crippen molar-refractivity contribution in [3.63, 3.8) is 0 Å². The first-order valence-electron chi connectivity index (χ1n) is 28.1. The average Bonchev–Trinajstić information content (AvgIpc) is 2.89. The molecule has 0 amide bonds. The summed E-state index contributed by atoms with van der Waals surface area (Å²) in [6, 6.07) is 76.4. The van der Waals surface area contributed by atoms with Gasteiger partial charge in [0.2, 0.25) is 0 Å². The van der Waals surface area contributed by atoms with Crippen molar-refractivity contribution in [1.29, 1.82) is 0 Å². The van der Waals surface area contributed by atoms with Crippen molar-refractivity contribution >= 4 is 0 Å². The second-order valence-electron chi connectivity index (χ2n) is 25.9. The minimum atomic E-state index is -0.848. The number of aromatic nitrogens is 1. The standard InChI is InChI=1S/C75H70N3.Pt/c1-48(2)49-37-38-76-69(41-49)74(64-29-17-14-26-58(64)61-45-51(71(6,7)8)32-35-66(61)74)55-23-19-21-53(42-55)73(63-28-16-13-25-57(63)60-44-50(70(3,4)5)31-34-65(60)73)54-22-20-24-56(43-54)75(78-40-39-77(12)47-78)67-30-18-15-27-59(67)62-46-52(72(9,10)11)33-36-68(62)75;/h13-41,44-48H,1-12H3;/q-3;. The number of hydrogen-bond donors (Lipinski definition) is 0. The van der Waals surface area contributed by atoms with Gasteiger partial charge < -0.3 is 9.80 Å². The number of hydrogen-bond acceptors (Lipinski definition) is 3. The quantitative estimate of drug-likeness (QED) is 0.148. The topological polar surface area (TPSA) is 19.4 Å². The molecule has 3 atom stereocenters. The molecule has 3 aliphatic carbocycles. The van der Waals surface area contributed by atoms with Crippen molar-refractivity contribution in [3.05, 3.63) is 297 Å². The molecular formula is C75H70N3Pt-3. The van der Waals surface area contributed by atoms with Gasteiger partial charge in [-0.25, -0.2) is 0 Å². The predicted octanol–water partition coefficient (Wildman–Crippen LogP) is 17.5. The van der Waals surface area contributed by atoms with E-state index >= 15 is 0 Å². The van der Waals surface area contributed by atoms with Crippen LogP contribution in [0.5, 0.6) is 0 Å². The minimum Gasteiger partial charge on any atom is -0.511 e. The summed E-state index contributed by atoms with van der Waals surface area (Å²) < 4.78 is 0. The van der Waals surface area contributed by atoms with Crippen LogP contribution < -0.4 is 0 Å². The molecule has 2 heterocycles. The summed E-state index contributed by atoms with van der Waals surface area (Å²) in [5.41, 5.74) is 22.9. The van der Waals surface area contributed by atoms with Gasteiger partial charge in [-0.05, 0) is 143 Å². The zero-order chi connectivity index (χ0) is 54.3. The van der Waals surface area contributed by atoms with Gasteiger partial charge in [0.25, 0.3) is 0 Å². The van der Waals surface area contributed by atoms with Crippen LogP contribution in [0.15, 0.2) is 195 Å². The van der Waals surface area contributed by atoms with Gasteiger partial charge in [-0.2, -0.15) is 55.2 Å². The van der Waals surface area contributed by atoms with Crippen LogP contribution >= 0.6 is 0 Å². The van der Waals surface area contributed by atoms with Crippen LogP contribution in [0.4, 0.5) is 0 Å². The molecule has 398 valence electrons. The van der Waals surface area contributed by atoms with E-state index in [9.17, 15) is 0 Å². The Labute approximate surface area is 484 Å². The predicted molar refractivity (Wildman–Crippen MR) is 322 cm³/mol. The Morgan fingerprint density at radius 3 is 1.34 bits per heavy atom. The molecule has 1 aromatic heterocycles. The second-order valence-corrected chi connectivity index (χ2v) is 25.9. The fourth-order valence-corrected chi connectivity index (χ4v) is 13.8. The van der Waals surface area contributed by atoms with Crippen molar-refractivity contribution in [2.75, 3.05) is 7.05 Å². The smallest absolute Gasteiger partial charge is 0.0686 e. The molecule has 4 aliphatic rings. The summed E-state index contributed by atoms with van der Waals surface area (Å²) in [6.07, 6.45) is 6.44. The molecule has 0 bridgehead atoms. The van der Waals surface area contributed by atoms with E-state index in [1.807, 2.05) is 6.20 Å². The summed E-state index contributed by atoms with van der Waals surface area (Å²) in [7, 11) is 2.12. The Balaban J connectivity index is 0.00000623. The van der Waals surface area contributed by atoms with Crippen LogP contribution in [0, 0.1) is 18.8 Å². The van der Waals surface area contributed by atoms with Gasteiger partial charge >= 0.3 is 0 Å². The molecule has 9 aromatic rings. The molecule has 3 unspecified atom stereocenters. The van der Waals surface area contributed by atoms with Crippen molar-refractivity contribution in [2.45, 2.75) is 115 Å². The van der Waals surface area contributed by atoms with E-state index in [1.54, 1.807) is 0 Å². The summed E-state index contributed by atoms with van der Waals surface area (Å²) in [6.45, 7) is 27.7. The number of benzene rings is 8. The number of fused-ring (bicyclic) bond motifs is 9. The third-order valence-electron chi connectivity index (χ3n) is 17.9. The number of rotatable bonds is 7. The minimum absolute atomic E-state index is 0. The molecule has 0 saturated carbocycles. The van der Waals surface area contributed by atoms with Gasteiger partial charge in [0.05, 0.1) is 16.6 Å². The molecule has 0 radical (unpaired) electrons. The van der Waals surface area contributed by atoms with Crippen LogP contribution in [0.2, 0.25) is 0 Å². The third kappa shape index (κ3) is 7.65. The van der Waals surface area contributed by atoms with E-state index in [1.165, 1.54) is 89.0 Å². The molecule has 0 saturated heterocycles. The normalized spacial score (nSPS) is 19.7. The van der Waals surface area contributed by atoms with E-state index in [0.717, 1.165) is 27.9 Å². The molecule has 4 heteroatoms. The first-order chi connectivity index (χ1) is 37.3. The molecule has 3 nitrogen and oxygen atoms in total. The summed E-state index contributed by atoms with van der Waals surface area (Å²) >= 11 is 0. The average molecular weight is 1210 g/mol. The molecule has 0 fully saturated rings. The second kappa shape index (κ2) is 18.5. The Kier molecular flexibility index (Phi) is 12.3. The fourth-order valence-electron chi connectivity index (χ4n) is 13.8. The van der Waals surface area contributed by atoms with Crippen molar-refractivity contribution in [3.8, 4) is 33.4 Å². The first-order valence-corrected chi connectivity index (χ1v) is 28.1. The molecular weight excluding hydrogens is 1140 g/mol. The molecule has 1 aliphatic heterocycles. The van der Waals surface area contributed by atoms with Gasteiger partial charge in [-0.3, -0.25) is 4.98 Å². The van der Waals surface area contributed by atoms with Gasteiger partial charge in [0.15, 0.2) is 0 Å². The molecule has 0 N–H and O–H groups in total. The van der Waals surface area contributed by atoms with E-state index in [-0.39, 0.29) is 37.3 Å². The fraction of sp³-hybridized carbons (Fsp3) is 0.253. The molecule has 8 aromatic carbocycles. The van der Waals surface area contributed by atoms with Crippen molar-refractivity contribution in [1.82, 2.24) is 14.8 Å². The maximum absolute atomic E-state index is 5.45. The van der Waals surface area contributed by atoms with Gasteiger partial charge in [-0.15, -0.1) is 22.3 Å². The van der Waals surface area contributed by atoms with Crippen LogP contribution in [-0.2, 0) is 53.7 Å². The Morgan fingerprint density at radius 2 is 0.835 bits per heavy atom. The number of pyridine rings is 1. The van der Waals surface area contributed by atoms with Crippen LogP contribution in [0.3, 0.4) is 0 Å². The van der Waals surface area contributed by atoms with E-state index < -0.39 is 16.4 Å². The monoisotopic (exact) mass is 1210 g/mol. The summed E-state index contributed by atoms with van der Waals surface area (Å²) in [5.74, 6) is 0.311. The maximum Gasteiger partial charge on any atom is 0.0686 e. The Hall–Kier alpha value is -7.06. The van der Waals surface area contributed by atoms with E-state index in [0.29, 0.717) is 5.92 Å². The molecule has 13 rings (SSSR count). The van der Waals surface area contributed by atoms with E-state index in [2.05, 4.69) is 300 Å². The zero-order valence-corrected chi connectivity index (χ0v) is 50.1.